The number of fused-ring (bicyclic) bond motifs is 1. The van der Waals surface area contributed by atoms with Gasteiger partial charge in [0.2, 0.25) is 0 Å². The Hall–Kier alpha value is -2.37. The molecule has 0 aliphatic heterocycles. The van der Waals surface area contributed by atoms with Crippen molar-refractivity contribution >= 4 is 95.5 Å². The number of nitrogens with one attached hydrogen (secondary N) is 2. The molecule has 0 fully saturated rings. The third kappa shape index (κ3) is 6.07. The van der Waals surface area contributed by atoms with Crippen molar-refractivity contribution in [1.82, 2.24) is 14.1 Å². The molecule has 0 spiro atoms. The number of carboxylic acid groups (broad SMARTS) is 1. The number of hydrogen-bond acceptors (Lipinski definition) is 7. The maximum Gasteiger partial charge on any atom is 0.326 e. The van der Waals surface area contributed by atoms with Gasteiger partial charge in [0.1, 0.15) is 22.0 Å². The first-order chi connectivity index (χ1) is 16.6. The number of carbonyl (C=O) groups is 2. The average Bonchev–Trinajstić information content (AvgIpc) is 3.27. The Balaban J connectivity index is 1.63. The van der Waals surface area contributed by atoms with Crippen molar-refractivity contribution in [3.05, 3.63) is 78.9 Å². The Morgan fingerprint density at radius 2 is 1.74 bits per heavy atom. The van der Waals surface area contributed by atoms with Crippen molar-refractivity contribution < 1.29 is 23.1 Å². The molecular formula is C22H16I2N4O5S2. The predicted molar refractivity (Wildman–Crippen MR) is 149 cm³/mol. The van der Waals surface area contributed by atoms with Crippen LogP contribution in [0.25, 0.3) is 11.0 Å². The van der Waals surface area contributed by atoms with Crippen LogP contribution in [-0.2, 0) is 21.2 Å². The van der Waals surface area contributed by atoms with Crippen molar-refractivity contribution in [1.29, 1.82) is 0 Å². The smallest absolute Gasteiger partial charge is 0.326 e. The highest BCUT2D eigenvalue weighted by molar-refractivity contribution is 14.1. The maximum absolute atomic E-state index is 13.2. The monoisotopic (exact) mass is 734 g/mol. The van der Waals surface area contributed by atoms with Gasteiger partial charge in [-0.1, -0.05) is 18.2 Å². The standard InChI is InChI=1S/C22H16I2N4O5S2/c23-13-4-1-3-12(9-13)10-18(22(30)31)25-21(29)15-8-7-14(24)11-17(15)28-35(32,33)19-6-2-5-16-20(19)27-34-26-16/h1-9,11,18,28H,10H2,(H,25,29)(H,30,31)/t18-/m0/s1. The van der Waals surface area contributed by atoms with Crippen molar-refractivity contribution in [2.45, 2.75) is 17.4 Å². The molecule has 0 saturated carbocycles. The van der Waals surface area contributed by atoms with Gasteiger partial charge in [-0.15, -0.1) is 0 Å². The molecule has 13 heteroatoms. The zero-order chi connectivity index (χ0) is 25.2. The van der Waals surface area contributed by atoms with E-state index in [1.54, 1.807) is 24.3 Å². The number of sulfonamides is 1. The SMILES string of the molecule is O=C(N[C@@H](Cc1cccc(I)c1)C(=O)O)c1ccc(I)cc1NS(=O)(=O)c1cccc2nsnc12. The van der Waals surface area contributed by atoms with E-state index < -0.39 is 27.9 Å². The van der Waals surface area contributed by atoms with Crippen LogP contribution in [0.1, 0.15) is 15.9 Å². The highest BCUT2D eigenvalue weighted by Gasteiger charge is 2.26. The van der Waals surface area contributed by atoms with E-state index in [0.717, 1.165) is 20.9 Å². The van der Waals surface area contributed by atoms with E-state index >= 15 is 0 Å². The van der Waals surface area contributed by atoms with E-state index in [1.807, 2.05) is 40.8 Å². The number of aromatic nitrogens is 2. The molecular weight excluding hydrogens is 718 g/mol. The fourth-order valence-electron chi connectivity index (χ4n) is 3.33. The summed E-state index contributed by atoms with van der Waals surface area (Å²) in [6.07, 6.45) is 0.0716. The minimum atomic E-state index is -4.13. The van der Waals surface area contributed by atoms with E-state index in [-0.39, 0.29) is 28.1 Å². The first-order valence-corrected chi connectivity index (χ1v) is 14.3. The summed E-state index contributed by atoms with van der Waals surface area (Å²) in [6.45, 7) is 0. The van der Waals surface area contributed by atoms with Crippen LogP contribution in [0, 0.1) is 7.14 Å². The van der Waals surface area contributed by atoms with Crippen LogP contribution < -0.4 is 10.0 Å². The first kappa shape index (κ1) is 25.7. The molecule has 35 heavy (non-hydrogen) atoms. The molecule has 1 aromatic heterocycles. The molecule has 4 rings (SSSR count). The van der Waals surface area contributed by atoms with E-state index in [9.17, 15) is 23.1 Å². The van der Waals surface area contributed by atoms with Gasteiger partial charge in [0.15, 0.2) is 0 Å². The van der Waals surface area contributed by atoms with Crippen molar-refractivity contribution in [2.24, 2.45) is 0 Å². The summed E-state index contributed by atoms with van der Waals surface area (Å²) in [4.78, 5) is 24.9. The van der Waals surface area contributed by atoms with Crippen LogP contribution in [0.3, 0.4) is 0 Å². The van der Waals surface area contributed by atoms with Crippen molar-refractivity contribution in [3.8, 4) is 0 Å². The summed E-state index contributed by atoms with van der Waals surface area (Å²) in [6, 6.07) is 15.3. The van der Waals surface area contributed by atoms with Gasteiger partial charge in [0.25, 0.3) is 15.9 Å². The summed E-state index contributed by atoms with van der Waals surface area (Å²) in [7, 11) is -4.13. The van der Waals surface area contributed by atoms with E-state index in [0.29, 0.717) is 9.09 Å². The molecule has 180 valence electrons. The molecule has 1 amide bonds. The number of carboxylic acids is 1. The Labute approximate surface area is 232 Å². The molecule has 3 aromatic carbocycles. The summed E-state index contributed by atoms with van der Waals surface area (Å²) in [5, 5.41) is 12.2. The topological polar surface area (TPSA) is 138 Å². The lowest BCUT2D eigenvalue weighted by Gasteiger charge is -2.17. The summed E-state index contributed by atoms with van der Waals surface area (Å²) in [5.41, 5.74) is 1.43. The Morgan fingerprint density at radius 1 is 1.00 bits per heavy atom. The number of aliphatic carboxylic acids is 1. The molecule has 3 N–H and O–H groups in total. The Kier molecular flexibility index (Phi) is 7.87. The molecule has 0 aliphatic rings. The molecule has 0 radical (unpaired) electrons. The summed E-state index contributed by atoms with van der Waals surface area (Å²) < 4.78 is 38.6. The molecule has 9 nitrogen and oxygen atoms in total. The maximum atomic E-state index is 13.2. The van der Waals surface area contributed by atoms with E-state index in [2.05, 4.69) is 41.4 Å². The van der Waals surface area contributed by atoms with Gasteiger partial charge in [0.05, 0.1) is 23.0 Å². The Morgan fingerprint density at radius 3 is 2.49 bits per heavy atom. The van der Waals surface area contributed by atoms with E-state index in [1.165, 1.54) is 18.2 Å². The van der Waals surface area contributed by atoms with Gasteiger partial charge < -0.3 is 10.4 Å². The molecule has 4 aromatic rings. The molecule has 0 bridgehead atoms. The predicted octanol–water partition coefficient (Wildman–Crippen LogP) is 4.13. The third-order valence-electron chi connectivity index (χ3n) is 4.94. The normalized spacial score (nSPS) is 12.3. The van der Waals surface area contributed by atoms with Crippen LogP contribution in [0.5, 0.6) is 0 Å². The van der Waals surface area contributed by atoms with Crippen LogP contribution >= 0.6 is 56.9 Å². The van der Waals surface area contributed by atoms with Gasteiger partial charge in [0, 0.05) is 13.6 Å². The lowest BCUT2D eigenvalue weighted by molar-refractivity contribution is -0.139. The second-order valence-corrected chi connectivity index (χ2v) is 12.1. The molecule has 0 saturated heterocycles. The quantitative estimate of drug-likeness (QED) is 0.232. The Bertz CT molecular complexity index is 1540. The number of nitrogens with zero attached hydrogens (tertiary/aromatic N) is 2. The van der Waals surface area contributed by atoms with Crippen LogP contribution in [0.2, 0.25) is 0 Å². The van der Waals surface area contributed by atoms with Crippen LogP contribution in [-0.4, -0.2) is 40.2 Å². The van der Waals surface area contributed by atoms with E-state index in [4.69, 9.17) is 0 Å². The number of anilines is 1. The van der Waals surface area contributed by atoms with Gasteiger partial charge in [-0.05, 0) is 93.2 Å². The lowest BCUT2D eigenvalue weighted by atomic mass is 10.1. The average molecular weight is 734 g/mol. The number of rotatable bonds is 8. The second-order valence-electron chi connectivity index (χ2n) is 7.38. The first-order valence-electron chi connectivity index (χ1n) is 9.96. The van der Waals surface area contributed by atoms with Gasteiger partial charge in [-0.3, -0.25) is 9.52 Å². The zero-order valence-corrected chi connectivity index (χ0v) is 23.6. The summed E-state index contributed by atoms with van der Waals surface area (Å²) >= 11 is 5.02. The van der Waals surface area contributed by atoms with Crippen LogP contribution in [0.4, 0.5) is 5.69 Å². The minimum Gasteiger partial charge on any atom is -0.480 e. The van der Waals surface area contributed by atoms with Gasteiger partial charge in [-0.2, -0.15) is 8.75 Å². The number of amides is 1. The minimum absolute atomic E-state index is 0.00791. The highest BCUT2D eigenvalue weighted by Crippen LogP contribution is 2.26. The largest absolute Gasteiger partial charge is 0.480 e. The molecule has 1 atom stereocenters. The number of halogens is 2. The fraction of sp³-hybridized carbons (Fsp3) is 0.0909. The third-order valence-corrected chi connectivity index (χ3v) is 8.22. The van der Waals surface area contributed by atoms with Crippen molar-refractivity contribution in [3.63, 3.8) is 0 Å². The molecule has 0 aliphatic carbocycles. The number of carbonyl (C=O) groups excluding carboxylic acids is 1. The van der Waals surface area contributed by atoms with Crippen molar-refractivity contribution in [2.75, 3.05) is 4.72 Å². The highest BCUT2D eigenvalue weighted by atomic mass is 127. The van der Waals surface area contributed by atoms with Crippen LogP contribution in [0.15, 0.2) is 65.6 Å². The zero-order valence-electron chi connectivity index (χ0n) is 17.6. The van der Waals surface area contributed by atoms with Gasteiger partial charge >= 0.3 is 5.97 Å². The number of benzene rings is 3. The number of hydrogen-bond donors (Lipinski definition) is 3. The summed E-state index contributed by atoms with van der Waals surface area (Å²) in [5.74, 6) is -1.92. The molecule has 1 heterocycles. The lowest BCUT2D eigenvalue weighted by Crippen LogP contribution is -2.42. The van der Waals surface area contributed by atoms with Gasteiger partial charge in [-0.25, -0.2) is 13.2 Å². The molecule has 0 unspecified atom stereocenters. The fourth-order valence-corrected chi connectivity index (χ4v) is 6.27. The second kappa shape index (κ2) is 10.7.